The maximum Gasteiger partial charge on any atom is 0.0198 e. The normalized spacial score (nSPS) is 13.3. The van der Waals surface area contributed by atoms with E-state index in [4.69, 9.17) is 0 Å². The lowest BCUT2D eigenvalue weighted by Gasteiger charge is -2.39. The molecule has 0 saturated heterocycles. The van der Waals surface area contributed by atoms with Gasteiger partial charge >= 0.3 is 0 Å². The first-order chi connectivity index (χ1) is 8.64. The van der Waals surface area contributed by atoms with Gasteiger partial charge in [0, 0.05) is 47.5 Å². The van der Waals surface area contributed by atoms with Gasteiger partial charge in [-0.25, -0.2) is 0 Å². The van der Waals surface area contributed by atoms with Crippen molar-refractivity contribution in [3.05, 3.63) is 0 Å². The van der Waals surface area contributed by atoms with Gasteiger partial charge in [-0.1, -0.05) is 0 Å². The van der Waals surface area contributed by atoms with Crippen LogP contribution in [-0.4, -0.2) is 64.8 Å². The van der Waals surface area contributed by atoms with Crippen molar-refractivity contribution in [3.63, 3.8) is 0 Å². The van der Waals surface area contributed by atoms with Crippen molar-refractivity contribution in [2.24, 2.45) is 0 Å². The number of halogens is 1. The molecule has 0 heterocycles. The van der Waals surface area contributed by atoms with Crippen molar-refractivity contribution in [2.75, 3.05) is 40.3 Å². The number of hydrogen-bond donors (Lipinski definition) is 0. The second-order valence-corrected chi connectivity index (χ2v) is 8.44. The summed E-state index contributed by atoms with van der Waals surface area (Å²) in [6.45, 7) is 16.3. The van der Waals surface area contributed by atoms with E-state index >= 15 is 0 Å². The molecule has 0 bridgehead atoms. The monoisotopic (exact) mass is 383 g/mol. The fourth-order valence-corrected chi connectivity index (χ4v) is 2.89. The molecule has 0 rings (SSSR count). The number of hydrogen-bond acceptors (Lipinski definition) is 3. The van der Waals surface area contributed by atoms with E-state index in [0.717, 1.165) is 0 Å². The van der Waals surface area contributed by atoms with Gasteiger partial charge in [0.2, 0.25) is 0 Å². The Balaban J connectivity index is 3.87. The Morgan fingerprint density at radius 3 is 1.74 bits per heavy atom. The molecule has 0 aliphatic carbocycles. The first-order valence-electron chi connectivity index (χ1n) is 7.46. The fourth-order valence-electron chi connectivity index (χ4n) is 2.55. The predicted octanol–water partition coefficient (Wildman–Crippen LogP) is 3.49. The van der Waals surface area contributed by atoms with Crippen LogP contribution in [-0.2, 0) is 0 Å². The minimum atomic E-state index is 0.274. The van der Waals surface area contributed by atoms with E-state index in [1.807, 2.05) is 0 Å². The van der Waals surface area contributed by atoms with Crippen molar-refractivity contribution >= 4 is 22.9 Å². The molecule has 0 saturated carbocycles. The molecule has 19 heavy (non-hydrogen) atoms. The average molecular weight is 383 g/mol. The molecular formula is C15H34IN3. The SMILES string of the molecule is CC(C)N(CCCN(C)CCCN(C)I)C(C)(C)C. The first kappa shape index (κ1) is 19.6. The van der Waals surface area contributed by atoms with E-state index < -0.39 is 0 Å². The van der Waals surface area contributed by atoms with Crippen LogP contribution in [0.4, 0.5) is 0 Å². The summed E-state index contributed by atoms with van der Waals surface area (Å²) in [7, 11) is 4.37. The average Bonchev–Trinajstić information content (AvgIpc) is 2.21. The zero-order valence-corrected chi connectivity index (χ0v) is 16.2. The predicted molar refractivity (Wildman–Crippen MR) is 95.0 cm³/mol. The van der Waals surface area contributed by atoms with Crippen LogP contribution in [0.25, 0.3) is 0 Å². The largest absolute Gasteiger partial charge is 0.306 e. The highest BCUT2D eigenvalue weighted by Crippen LogP contribution is 2.17. The van der Waals surface area contributed by atoms with Crippen LogP contribution >= 0.6 is 22.9 Å². The highest BCUT2D eigenvalue weighted by atomic mass is 127. The van der Waals surface area contributed by atoms with Crippen LogP contribution in [0.1, 0.15) is 47.5 Å². The van der Waals surface area contributed by atoms with Gasteiger partial charge in [-0.2, -0.15) is 0 Å². The summed E-state index contributed by atoms with van der Waals surface area (Å²) in [6.07, 6.45) is 2.51. The molecular weight excluding hydrogens is 349 g/mol. The smallest absolute Gasteiger partial charge is 0.0198 e. The third kappa shape index (κ3) is 10.0. The molecule has 116 valence electrons. The molecule has 0 aromatic heterocycles. The second-order valence-electron chi connectivity index (χ2n) is 6.80. The van der Waals surface area contributed by atoms with E-state index in [-0.39, 0.29) is 5.54 Å². The minimum absolute atomic E-state index is 0.274. The van der Waals surface area contributed by atoms with Crippen molar-refractivity contribution in [3.8, 4) is 0 Å². The zero-order valence-electron chi connectivity index (χ0n) is 14.0. The summed E-state index contributed by atoms with van der Waals surface area (Å²) in [5, 5.41) is 0. The first-order valence-corrected chi connectivity index (χ1v) is 8.43. The van der Waals surface area contributed by atoms with Gasteiger partial charge in [0.05, 0.1) is 0 Å². The molecule has 0 atom stereocenters. The lowest BCUT2D eigenvalue weighted by Crippen LogP contribution is -2.46. The summed E-state index contributed by atoms with van der Waals surface area (Å²) in [5.74, 6) is 0. The highest BCUT2D eigenvalue weighted by Gasteiger charge is 2.23. The Bertz CT molecular complexity index is 224. The van der Waals surface area contributed by atoms with Crippen molar-refractivity contribution in [1.82, 2.24) is 12.9 Å². The number of nitrogens with zero attached hydrogens (tertiary/aromatic N) is 3. The van der Waals surface area contributed by atoms with Gasteiger partial charge in [-0.15, -0.1) is 0 Å². The lowest BCUT2D eigenvalue weighted by atomic mass is 10.0. The van der Waals surface area contributed by atoms with Crippen molar-refractivity contribution in [1.29, 1.82) is 0 Å². The summed E-state index contributed by atoms with van der Waals surface area (Å²) in [6, 6.07) is 0.623. The van der Waals surface area contributed by atoms with E-state index in [1.165, 1.54) is 39.0 Å². The molecule has 0 unspecified atom stereocenters. The molecule has 0 N–H and O–H groups in total. The van der Waals surface area contributed by atoms with E-state index in [0.29, 0.717) is 6.04 Å². The van der Waals surface area contributed by atoms with Crippen molar-refractivity contribution in [2.45, 2.75) is 59.0 Å². The summed E-state index contributed by atoms with van der Waals surface area (Å²) < 4.78 is 2.23. The Morgan fingerprint density at radius 1 is 0.895 bits per heavy atom. The Hall–Kier alpha value is 0.610. The topological polar surface area (TPSA) is 9.72 Å². The van der Waals surface area contributed by atoms with Gasteiger partial charge in [-0.3, -0.25) is 8.01 Å². The molecule has 0 aromatic carbocycles. The van der Waals surface area contributed by atoms with Crippen LogP contribution in [0.5, 0.6) is 0 Å². The fraction of sp³-hybridized carbons (Fsp3) is 1.00. The molecule has 0 aliphatic rings. The molecule has 4 heteroatoms. The second kappa shape index (κ2) is 9.53. The molecule has 0 fully saturated rings. The van der Waals surface area contributed by atoms with Crippen LogP contribution in [0.3, 0.4) is 0 Å². The molecule has 0 aromatic rings. The Morgan fingerprint density at radius 2 is 1.37 bits per heavy atom. The van der Waals surface area contributed by atoms with Gasteiger partial charge < -0.3 is 4.90 Å². The summed E-state index contributed by atoms with van der Waals surface area (Å²) >= 11 is 2.35. The third-order valence-corrected chi connectivity index (χ3v) is 3.91. The Labute approximate surface area is 135 Å². The molecule has 0 aliphatic heterocycles. The van der Waals surface area contributed by atoms with Crippen LogP contribution in [0.2, 0.25) is 0 Å². The molecule has 0 amide bonds. The molecule has 0 radical (unpaired) electrons. The quantitative estimate of drug-likeness (QED) is 0.446. The van der Waals surface area contributed by atoms with E-state index in [9.17, 15) is 0 Å². The minimum Gasteiger partial charge on any atom is -0.306 e. The van der Waals surface area contributed by atoms with Crippen molar-refractivity contribution < 1.29 is 0 Å². The van der Waals surface area contributed by atoms with Gasteiger partial charge in [0.1, 0.15) is 0 Å². The maximum atomic E-state index is 2.60. The zero-order chi connectivity index (χ0) is 15.1. The summed E-state index contributed by atoms with van der Waals surface area (Å²) in [4.78, 5) is 5.06. The standard InChI is InChI=1S/C15H34IN3/c1-14(2)19(15(3,4)5)13-9-11-17(6)10-8-12-18(7)16/h14H,8-13H2,1-7H3. The molecule has 0 spiro atoms. The van der Waals surface area contributed by atoms with Gasteiger partial charge in [-0.05, 0) is 74.6 Å². The van der Waals surface area contributed by atoms with Crippen LogP contribution in [0, 0.1) is 0 Å². The van der Waals surface area contributed by atoms with Gasteiger partial charge in [0.25, 0.3) is 0 Å². The van der Waals surface area contributed by atoms with Crippen LogP contribution in [0.15, 0.2) is 0 Å². The third-order valence-electron chi connectivity index (χ3n) is 3.43. The van der Waals surface area contributed by atoms with E-state index in [2.05, 4.69) is 84.5 Å². The maximum absolute atomic E-state index is 2.60. The van der Waals surface area contributed by atoms with Gasteiger partial charge in [0.15, 0.2) is 0 Å². The summed E-state index contributed by atoms with van der Waals surface area (Å²) in [5.41, 5.74) is 0.274. The highest BCUT2D eigenvalue weighted by molar-refractivity contribution is 14.1. The van der Waals surface area contributed by atoms with E-state index in [1.54, 1.807) is 0 Å². The Kier molecular flexibility index (Phi) is 9.83. The molecule has 3 nitrogen and oxygen atoms in total. The lowest BCUT2D eigenvalue weighted by molar-refractivity contribution is 0.0935. The number of rotatable bonds is 9. The van der Waals surface area contributed by atoms with Crippen LogP contribution < -0.4 is 0 Å².